The lowest BCUT2D eigenvalue weighted by Crippen LogP contribution is -2.21. The van der Waals surface area contributed by atoms with E-state index in [0.29, 0.717) is 23.6 Å². The Morgan fingerprint density at radius 3 is 2.59 bits per heavy atom. The Morgan fingerprint density at radius 2 is 1.85 bits per heavy atom. The van der Waals surface area contributed by atoms with Crippen LogP contribution >= 0.6 is 0 Å². The zero-order valence-electron chi connectivity index (χ0n) is 19.9. The summed E-state index contributed by atoms with van der Waals surface area (Å²) in [7, 11) is 1.68. The smallest absolute Gasteiger partial charge is 0.297 e. The van der Waals surface area contributed by atoms with Crippen molar-refractivity contribution in [3.8, 4) is 11.5 Å². The predicted molar refractivity (Wildman–Crippen MR) is 139 cm³/mol. The number of benzene rings is 2. The van der Waals surface area contributed by atoms with E-state index in [4.69, 9.17) is 9.47 Å². The highest BCUT2D eigenvalue weighted by molar-refractivity contribution is 6.03. The fourth-order valence-electron chi connectivity index (χ4n) is 3.60. The van der Waals surface area contributed by atoms with Gasteiger partial charge in [0.1, 0.15) is 6.61 Å². The molecule has 1 aromatic heterocycles. The number of nitrogens with one attached hydrogen (secondary N) is 1. The second-order valence-corrected chi connectivity index (χ2v) is 8.00. The topological polar surface area (TPSA) is 69.6 Å². The highest BCUT2D eigenvalue weighted by Crippen LogP contribution is 2.34. The molecule has 3 aromatic rings. The van der Waals surface area contributed by atoms with E-state index in [-0.39, 0.29) is 23.8 Å². The summed E-state index contributed by atoms with van der Waals surface area (Å²) in [6.07, 6.45) is 9.06. The van der Waals surface area contributed by atoms with Gasteiger partial charge in [0, 0.05) is 24.2 Å². The number of fused-ring (bicyclic) bond motifs is 1. The molecule has 178 valence electrons. The fraction of sp³-hybridized carbons (Fsp3) is 0.286. The van der Waals surface area contributed by atoms with Crippen molar-refractivity contribution in [1.29, 1.82) is 0 Å². The van der Waals surface area contributed by atoms with E-state index in [9.17, 15) is 9.59 Å². The van der Waals surface area contributed by atoms with Crippen LogP contribution in [0.15, 0.2) is 72.1 Å². The maximum Gasteiger partial charge on any atom is 0.297 e. The Balaban J connectivity index is 1.89. The quantitative estimate of drug-likeness (QED) is 0.213. The van der Waals surface area contributed by atoms with Crippen molar-refractivity contribution in [3.05, 3.63) is 83.2 Å². The molecule has 0 spiro atoms. The first kappa shape index (κ1) is 24.8. The molecular formula is C28H32N2O4. The molecule has 0 unspecified atom stereocenters. The molecule has 0 saturated heterocycles. The van der Waals surface area contributed by atoms with Crippen LogP contribution in [-0.4, -0.2) is 23.7 Å². The Labute approximate surface area is 200 Å². The zero-order chi connectivity index (χ0) is 24.3. The third-order valence-corrected chi connectivity index (χ3v) is 5.39. The number of aromatic nitrogens is 1. The number of amides is 1. The van der Waals surface area contributed by atoms with E-state index in [1.54, 1.807) is 31.3 Å². The molecular weight excluding hydrogens is 428 g/mol. The molecule has 34 heavy (non-hydrogen) atoms. The van der Waals surface area contributed by atoms with Gasteiger partial charge < -0.3 is 19.4 Å². The van der Waals surface area contributed by atoms with Gasteiger partial charge in [-0.3, -0.25) is 9.59 Å². The molecule has 0 radical (unpaired) electrons. The van der Waals surface area contributed by atoms with E-state index < -0.39 is 0 Å². The number of hydrogen-bond donors (Lipinski definition) is 1. The summed E-state index contributed by atoms with van der Waals surface area (Å²) in [6.45, 7) is 6.52. The van der Waals surface area contributed by atoms with E-state index in [2.05, 4.69) is 18.8 Å². The summed E-state index contributed by atoms with van der Waals surface area (Å²) in [6, 6.07) is 15.0. The number of ether oxygens (including phenoxy) is 2. The van der Waals surface area contributed by atoms with E-state index in [0.717, 1.165) is 36.6 Å². The number of pyridine rings is 1. The highest BCUT2D eigenvalue weighted by atomic mass is 16.5. The Hall–Kier alpha value is -3.80. The molecule has 0 atom stereocenters. The number of aryl methyl sites for hydroxylation is 1. The second kappa shape index (κ2) is 12.4. The molecule has 1 heterocycles. The van der Waals surface area contributed by atoms with Gasteiger partial charge in [0.25, 0.3) is 5.56 Å². The van der Waals surface area contributed by atoms with E-state index >= 15 is 0 Å². The fourth-order valence-corrected chi connectivity index (χ4v) is 3.60. The van der Waals surface area contributed by atoms with Crippen molar-refractivity contribution in [2.75, 3.05) is 18.5 Å². The Morgan fingerprint density at radius 1 is 1.06 bits per heavy atom. The number of anilines is 1. The van der Waals surface area contributed by atoms with Crippen molar-refractivity contribution in [2.45, 2.75) is 32.6 Å². The van der Waals surface area contributed by atoms with Crippen LogP contribution in [0.2, 0.25) is 0 Å². The van der Waals surface area contributed by atoms with Crippen molar-refractivity contribution in [3.63, 3.8) is 0 Å². The summed E-state index contributed by atoms with van der Waals surface area (Å²) in [5.41, 5.74) is 1.86. The predicted octanol–water partition coefficient (Wildman–Crippen LogP) is 5.71. The van der Waals surface area contributed by atoms with Crippen LogP contribution in [0.25, 0.3) is 17.0 Å². The first-order valence-corrected chi connectivity index (χ1v) is 11.6. The van der Waals surface area contributed by atoms with Gasteiger partial charge in [-0.2, -0.15) is 0 Å². The van der Waals surface area contributed by atoms with Gasteiger partial charge >= 0.3 is 0 Å². The summed E-state index contributed by atoms with van der Waals surface area (Å²) in [5.74, 6) is 0.345. The molecule has 6 nitrogen and oxygen atoms in total. The van der Waals surface area contributed by atoms with E-state index in [1.807, 2.05) is 36.4 Å². The van der Waals surface area contributed by atoms with Gasteiger partial charge in [-0.15, -0.1) is 0 Å². The van der Waals surface area contributed by atoms with Crippen molar-refractivity contribution < 1.29 is 14.3 Å². The van der Waals surface area contributed by atoms with Crippen LogP contribution in [0.3, 0.4) is 0 Å². The zero-order valence-corrected chi connectivity index (χ0v) is 19.9. The van der Waals surface area contributed by atoms with Gasteiger partial charge in [0.15, 0.2) is 5.75 Å². The molecule has 1 amide bonds. The number of unbranched alkanes of at least 4 members (excludes halogenated alkanes) is 3. The SMILES string of the molecule is C=CCOc1c(OCCCCCC)c2ccc(NC(=O)C=Cc3ccccc3)cc2n(C)c1=O. The minimum Gasteiger partial charge on any atom is -0.489 e. The van der Waals surface area contributed by atoms with Gasteiger partial charge in [0.2, 0.25) is 11.7 Å². The normalized spacial score (nSPS) is 11.0. The first-order chi connectivity index (χ1) is 16.5. The maximum absolute atomic E-state index is 13.1. The third-order valence-electron chi connectivity index (χ3n) is 5.39. The van der Waals surface area contributed by atoms with Crippen LogP contribution in [-0.2, 0) is 11.8 Å². The monoisotopic (exact) mass is 460 g/mol. The van der Waals surface area contributed by atoms with Crippen LogP contribution in [0, 0.1) is 0 Å². The summed E-state index contributed by atoms with van der Waals surface area (Å²) in [4.78, 5) is 25.5. The number of carbonyl (C=O) groups is 1. The van der Waals surface area contributed by atoms with Gasteiger partial charge in [0.05, 0.1) is 12.1 Å². The number of nitrogens with zero attached hydrogens (tertiary/aromatic N) is 1. The van der Waals surface area contributed by atoms with Crippen molar-refractivity contribution in [1.82, 2.24) is 4.57 Å². The molecule has 0 aliphatic heterocycles. The van der Waals surface area contributed by atoms with Gasteiger partial charge in [-0.1, -0.05) is 69.2 Å². The lowest BCUT2D eigenvalue weighted by Gasteiger charge is -2.17. The van der Waals surface area contributed by atoms with Gasteiger partial charge in [-0.05, 0) is 36.3 Å². The van der Waals surface area contributed by atoms with Crippen LogP contribution < -0.4 is 20.3 Å². The summed E-state index contributed by atoms with van der Waals surface area (Å²) >= 11 is 0. The Bertz CT molecular complexity index is 1210. The lowest BCUT2D eigenvalue weighted by molar-refractivity contribution is -0.111. The first-order valence-electron chi connectivity index (χ1n) is 11.6. The molecule has 3 rings (SSSR count). The number of hydrogen-bond acceptors (Lipinski definition) is 4. The Kier molecular flexibility index (Phi) is 9.09. The second-order valence-electron chi connectivity index (χ2n) is 8.00. The molecule has 6 heteroatoms. The molecule has 0 aliphatic carbocycles. The third kappa shape index (κ3) is 6.38. The molecule has 0 fully saturated rings. The van der Waals surface area contributed by atoms with E-state index in [1.165, 1.54) is 10.6 Å². The standard InChI is InChI=1S/C28H32N2O4/c1-4-6-7-11-19-34-26-23-16-15-22(29-25(31)17-14-21-12-9-8-10-13-21)20-24(23)30(3)28(32)27(26)33-18-5-2/h5,8-10,12-17,20H,2,4,6-7,11,18-19H2,1,3H3,(H,29,31). The van der Waals surface area contributed by atoms with Crippen molar-refractivity contribution in [2.24, 2.45) is 7.05 Å². The van der Waals surface area contributed by atoms with Crippen LogP contribution in [0.5, 0.6) is 11.5 Å². The molecule has 0 bridgehead atoms. The van der Waals surface area contributed by atoms with Gasteiger partial charge in [-0.25, -0.2) is 0 Å². The minimum atomic E-state index is -0.301. The summed E-state index contributed by atoms with van der Waals surface area (Å²) < 4.78 is 13.3. The average Bonchev–Trinajstić information content (AvgIpc) is 2.85. The molecule has 1 N–H and O–H groups in total. The minimum absolute atomic E-state index is 0.174. The highest BCUT2D eigenvalue weighted by Gasteiger charge is 2.18. The number of carbonyl (C=O) groups excluding carboxylic acids is 1. The molecule has 0 saturated carbocycles. The maximum atomic E-state index is 13.1. The summed E-state index contributed by atoms with van der Waals surface area (Å²) in [5, 5.41) is 3.60. The molecule has 2 aromatic carbocycles. The number of rotatable bonds is 12. The lowest BCUT2D eigenvalue weighted by atomic mass is 10.1. The van der Waals surface area contributed by atoms with Crippen LogP contribution in [0.1, 0.15) is 38.2 Å². The molecule has 0 aliphatic rings. The van der Waals surface area contributed by atoms with Crippen molar-refractivity contribution >= 4 is 28.6 Å². The average molecular weight is 461 g/mol. The largest absolute Gasteiger partial charge is 0.489 e. The van der Waals surface area contributed by atoms with Crippen LogP contribution in [0.4, 0.5) is 5.69 Å².